The Morgan fingerprint density at radius 3 is 2.65 bits per heavy atom. The van der Waals surface area contributed by atoms with Crippen molar-refractivity contribution in [3.63, 3.8) is 0 Å². The van der Waals surface area contributed by atoms with Gasteiger partial charge >= 0.3 is 12.0 Å². The van der Waals surface area contributed by atoms with Crippen molar-refractivity contribution in [2.24, 2.45) is 11.8 Å². The van der Waals surface area contributed by atoms with Crippen molar-refractivity contribution < 1.29 is 14.7 Å². The van der Waals surface area contributed by atoms with Gasteiger partial charge in [-0.25, -0.2) is 4.79 Å². The topological polar surface area (TPSA) is 60.9 Å². The minimum Gasteiger partial charge on any atom is -0.481 e. The van der Waals surface area contributed by atoms with Gasteiger partial charge in [-0.3, -0.25) is 4.79 Å². The van der Waals surface area contributed by atoms with Crippen LogP contribution in [0.3, 0.4) is 0 Å². The van der Waals surface area contributed by atoms with Gasteiger partial charge in [0.2, 0.25) is 0 Å². The number of carbonyl (C=O) groups excluding carboxylic acids is 1. The number of hydrogen-bond acceptors (Lipinski definition) is 2. The molecule has 1 rings (SSSR count). The Kier molecular flexibility index (Phi) is 6.82. The molecule has 0 aromatic heterocycles. The molecule has 1 aliphatic heterocycles. The average Bonchev–Trinajstić information content (AvgIpc) is 2.63. The number of nitrogens with zero attached hydrogens (tertiary/aromatic N) is 2. The average molecular weight is 284 g/mol. The second-order valence-corrected chi connectivity index (χ2v) is 5.98. The predicted molar refractivity (Wildman–Crippen MR) is 78.6 cm³/mol. The van der Waals surface area contributed by atoms with Crippen LogP contribution in [0, 0.1) is 11.8 Å². The summed E-state index contributed by atoms with van der Waals surface area (Å²) in [5.74, 6) is -0.645. The minimum absolute atomic E-state index is 0.0322. The number of aliphatic carboxylic acids is 1. The molecule has 5 heteroatoms. The van der Waals surface area contributed by atoms with E-state index in [2.05, 4.69) is 6.92 Å². The van der Waals surface area contributed by atoms with Gasteiger partial charge in [-0.2, -0.15) is 0 Å². The molecule has 2 amide bonds. The van der Waals surface area contributed by atoms with Gasteiger partial charge in [-0.15, -0.1) is 0 Å². The second-order valence-electron chi connectivity index (χ2n) is 5.98. The van der Waals surface area contributed by atoms with Gasteiger partial charge in [-0.05, 0) is 25.2 Å². The molecule has 2 unspecified atom stereocenters. The third-order valence-electron chi connectivity index (χ3n) is 4.11. The quantitative estimate of drug-likeness (QED) is 0.844. The predicted octanol–water partition coefficient (Wildman–Crippen LogP) is 2.66. The highest BCUT2D eigenvalue weighted by Gasteiger charge is 2.24. The number of amides is 2. The lowest BCUT2D eigenvalue weighted by atomic mass is 9.96. The van der Waals surface area contributed by atoms with E-state index in [-0.39, 0.29) is 12.6 Å². The highest BCUT2D eigenvalue weighted by Crippen LogP contribution is 2.22. The summed E-state index contributed by atoms with van der Waals surface area (Å²) in [6, 6.07) is -0.0322. The molecule has 0 aliphatic carbocycles. The fraction of sp³-hybridized carbons (Fsp3) is 0.867. The molecule has 1 heterocycles. The van der Waals surface area contributed by atoms with Gasteiger partial charge in [0.1, 0.15) is 0 Å². The summed E-state index contributed by atoms with van der Waals surface area (Å²) in [5.41, 5.74) is 0. The Labute approximate surface area is 121 Å². The van der Waals surface area contributed by atoms with Gasteiger partial charge in [0.15, 0.2) is 0 Å². The van der Waals surface area contributed by atoms with Crippen molar-refractivity contribution >= 4 is 12.0 Å². The van der Waals surface area contributed by atoms with Gasteiger partial charge in [0.05, 0.1) is 5.92 Å². The maximum atomic E-state index is 12.3. The summed E-state index contributed by atoms with van der Waals surface area (Å²) >= 11 is 0. The van der Waals surface area contributed by atoms with Crippen molar-refractivity contribution in [3.8, 4) is 0 Å². The van der Waals surface area contributed by atoms with Crippen LogP contribution in [0.1, 0.15) is 46.0 Å². The summed E-state index contributed by atoms with van der Waals surface area (Å²) in [6.45, 7) is 5.70. The normalized spacial score (nSPS) is 21.1. The molecule has 0 radical (unpaired) electrons. The lowest BCUT2D eigenvalue weighted by molar-refractivity contribution is -0.141. The molecule has 1 saturated heterocycles. The van der Waals surface area contributed by atoms with E-state index >= 15 is 0 Å². The summed E-state index contributed by atoms with van der Waals surface area (Å²) < 4.78 is 0. The molecule has 5 nitrogen and oxygen atoms in total. The molecule has 0 spiro atoms. The number of urea groups is 1. The molecule has 1 aliphatic rings. The van der Waals surface area contributed by atoms with Crippen LogP contribution in [0.5, 0.6) is 0 Å². The van der Waals surface area contributed by atoms with Gasteiger partial charge < -0.3 is 14.9 Å². The van der Waals surface area contributed by atoms with Crippen LogP contribution in [-0.4, -0.2) is 53.6 Å². The first-order valence-electron chi connectivity index (χ1n) is 7.68. The van der Waals surface area contributed by atoms with Gasteiger partial charge in [0.25, 0.3) is 0 Å². The van der Waals surface area contributed by atoms with Crippen LogP contribution in [-0.2, 0) is 4.79 Å². The van der Waals surface area contributed by atoms with E-state index in [4.69, 9.17) is 5.11 Å². The van der Waals surface area contributed by atoms with Crippen LogP contribution < -0.4 is 0 Å². The third kappa shape index (κ3) is 5.02. The fourth-order valence-electron chi connectivity index (χ4n) is 2.86. The van der Waals surface area contributed by atoms with Crippen LogP contribution in [0.15, 0.2) is 0 Å². The lowest BCUT2D eigenvalue weighted by Gasteiger charge is -2.28. The summed E-state index contributed by atoms with van der Waals surface area (Å²) in [7, 11) is 1.69. The Hall–Kier alpha value is -1.26. The highest BCUT2D eigenvalue weighted by atomic mass is 16.4. The lowest BCUT2D eigenvalue weighted by Crippen LogP contribution is -2.44. The monoisotopic (exact) mass is 284 g/mol. The zero-order valence-electron chi connectivity index (χ0n) is 13.0. The zero-order valence-corrected chi connectivity index (χ0v) is 13.0. The number of hydrogen-bond donors (Lipinski definition) is 1. The molecule has 0 saturated carbocycles. The Balaban J connectivity index is 2.48. The van der Waals surface area contributed by atoms with Crippen molar-refractivity contribution in [2.45, 2.75) is 46.0 Å². The van der Waals surface area contributed by atoms with Crippen molar-refractivity contribution in [1.29, 1.82) is 0 Å². The molecule has 116 valence electrons. The molecule has 0 bridgehead atoms. The van der Waals surface area contributed by atoms with Crippen LogP contribution in [0.4, 0.5) is 4.79 Å². The molecule has 1 N–H and O–H groups in total. The SMILES string of the molecule is CCCC1CCCN(C(=O)N(C)CC(C)C(=O)O)CC1. The maximum Gasteiger partial charge on any atom is 0.319 e. The Morgan fingerprint density at radius 1 is 1.35 bits per heavy atom. The molecular weight excluding hydrogens is 256 g/mol. The molecule has 2 atom stereocenters. The zero-order chi connectivity index (χ0) is 15.1. The second kappa shape index (κ2) is 8.12. The van der Waals surface area contributed by atoms with Gasteiger partial charge in [0, 0.05) is 26.7 Å². The highest BCUT2D eigenvalue weighted by molar-refractivity contribution is 5.75. The summed E-state index contributed by atoms with van der Waals surface area (Å²) in [4.78, 5) is 26.6. The largest absolute Gasteiger partial charge is 0.481 e. The van der Waals surface area contributed by atoms with E-state index < -0.39 is 11.9 Å². The first-order valence-corrected chi connectivity index (χ1v) is 7.68. The van der Waals surface area contributed by atoms with E-state index in [9.17, 15) is 9.59 Å². The molecule has 0 aromatic rings. The minimum atomic E-state index is -0.858. The van der Waals surface area contributed by atoms with Crippen LogP contribution in [0.25, 0.3) is 0 Å². The van der Waals surface area contributed by atoms with Crippen molar-refractivity contribution in [3.05, 3.63) is 0 Å². The number of carboxylic acids is 1. The molecule has 1 fully saturated rings. The van der Waals surface area contributed by atoms with Crippen LogP contribution in [0.2, 0.25) is 0 Å². The standard InChI is InChI=1S/C15H28N2O3/c1-4-6-13-7-5-9-17(10-8-13)15(20)16(3)11-12(2)14(18)19/h12-13H,4-11H2,1-3H3,(H,18,19). The first-order chi connectivity index (χ1) is 9.45. The fourth-order valence-corrected chi connectivity index (χ4v) is 2.86. The van der Waals surface area contributed by atoms with Crippen molar-refractivity contribution in [1.82, 2.24) is 9.80 Å². The number of likely N-dealkylation sites (tertiary alicyclic amines) is 1. The van der Waals surface area contributed by atoms with E-state index in [1.54, 1.807) is 18.9 Å². The van der Waals surface area contributed by atoms with E-state index in [1.807, 2.05) is 4.90 Å². The van der Waals surface area contributed by atoms with E-state index in [1.165, 1.54) is 19.3 Å². The summed E-state index contributed by atoms with van der Waals surface area (Å²) in [5, 5.41) is 8.91. The first kappa shape index (κ1) is 16.8. The Morgan fingerprint density at radius 2 is 2.05 bits per heavy atom. The number of carbonyl (C=O) groups is 2. The maximum absolute atomic E-state index is 12.3. The van der Waals surface area contributed by atoms with E-state index in [0.717, 1.165) is 31.8 Å². The van der Waals surface area contributed by atoms with E-state index in [0.29, 0.717) is 0 Å². The molecular formula is C15H28N2O3. The number of rotatable bonds is 5. The molecule has 0 aromatic carbocycles. The smallest absolute Gasteiger partial charge is 0.319 e. The van der Waals surface area contributed by atoms with Gasteiger partial charge in [-0.1, -0.05) is 26.7 Å². The van der Waals surface area contributed by atoms with Crippen LogP contribution >= 0.6 is 0 Å². The number of carboxylic acid groups (broad SMARTS) is 1. The van der Waals surface area contributed by atoms with Crippen molar-refractivity contribution in [2.75, 3.05) is 26.7 Å². The molecule has 20 heavy (non-hydrogen) atoms. The Bertz CT molecular complexity index is 333. The summed E-state index contributed by atoms with van der Waals surface area (Å²) in [6.07, 6.45) is 5.77. The third-order valence-corrected chi connectivity index (χ3v) is 4.11.